The monoisotopic (exact) mass is 207 g/mol. The molecule has 0 unspecified atom stereocenters. The van der Waals surface area contributed by atoms with Gasteiger partial charge in [-0.3, -0.25) is 4.79 Å². The number of fused-ring (bicyclic) bond motifs is 1. The number of pyridine rings is 1. The smallest absolute Gasteiger partial charge is 0.217 e. The van der Waals surface area contributed by atoms with Crippen molar-refractivity contribution in [3.05, 3.63) is 17.3 Å². The molecular formula is C11H13NO3. The number of carbonyl (C=O) groups excluding carboxylic acids is 1. The lowest BCUT2D eigenvalue weighted by Gasteiger charge is -2.17. The van der Waals surface area contributed by atoms with Gasteiger partial charge in [0, 0.05) is 18.1 Å². The second-order valence-corrected chi connectivity index (χ2v) is 3.47. The van der Waals surface area contributed by atoms with Gasteiger partial charge in [0.15, 0.2) is 5.78 Å². The average Bonchev–Trinajstić information content (AvgIpc) is 2.28. The van der Waals surface area contributed by atoms with Gasteiger partial charge in [-0.1, -0.05) is 0 Å². The third-order valence-corrected chi connectivity index (χ3v) is 2.58. The Bertz CT molecular complexity index is 401. The third-order valence-electron chi connectivity index (χ3n) is 2.58. The van der Waals surface area contributed by atoms with Gasteiger partial charge in [-0.2, -0.15) is 0 Å². The van der Waals surface area contributed by atoms with Gasteiger partial charge in [-0.05, 0) is 12.8 Å². The predicted octanol–water partition coefficient (Wildman–Crippen LogP) is 1.62. The number of methoxy groups -OCH3 is 2. The normalized spacial score (nSPS) is 14.7. The largest absolute Gasteiger partial charge is 0.496 e. The van der Waals surface area contributed by atoms with E-state index in [2.05, 4.69) is 4.98 Å². The molecule has 0 aliphatic heterocycles. The quantitative estimate of drug-likeness (QED) is 0.739. The summed E-state index contributed by atoms with van der Waals surface area (Å²) in [6.07, 6.45) is 2.29. The molecule has 0 saturated carbocycles. The standard InChI is InChI=1S/C11H13NO3/c1-14-9-6-10(15-2)12-11-7(9)4-3-5-8(11)13/h6H,3-5H2,1-2H3. The summed E-state index contributed by atoms with van der Waals surface area (Å²) in [5.74, 6) is 1.21. The second kappa shape index (κ2) is 3.88. The van der Waals surface area contributed by atoms with Crippen LogP contribution < -0.4 is 9.47 Å². The van der Waals surface area contributed by atoms with E-state index in [0.717, 1.165) is 18.4 Å². The van der Waals surface area contributed by atoms with Crippen molar-refractivity contribution in [1.82, 2.24) is 4.98 Å². The highest BCUT2D eigenvalue weighted by Crippen LogP contribution is 2.31. The SMILES string of the molecule is COc1cc(OC)c2c(n1)C(=O)CCC2. The van der Waals surface area contributed by atoms with Gasteiger partial charge in [0.25, 0.3) is 0 Å². The average molecular weight is 207 g/mol. The minimum atomic E-state index is 0.0773. The molecule has 2 rings (SSSR count). The molecule has 15 heavy (non-hydrogen) atoms. The van der Waals surface area contributed by atoms with Gasteiger partial charge in [0.05, 0.1) is 14.2 Å². The van der Waals surface area contributed by atoms with Crippen LogP contribution in [0, 0.1) is 0 Å². The van der Waals surface area contributed by atoms with Gasteiger partial charge in [-0.25, -0.2) is 4.98 Å². The molecule has 0 saturated heterocycles. The van der Waals surface area contributed by atoms with E-state index in [1.807, 2.05) is 0 Å². The van der Waals surface area contributed by atoms with Crippen LogP contribution in [0.3, 0.4) is 0 Å². The summed E-state index contributed by atoms with van der Waals surface area (Å²) in [7, 11) is 3.12. The van der Waals surface area contributed by atoms with Crippen molar-refractivity contribution in [3.8, 4) is 11.6 Å². The lowest BCUT2D eigenvalue weighted by molar-refractivity contribution is 0.0965. The molecule has 0 N–H and O–H groups in total. The van der Waals surface area contributed by atoms with Crippen LogP contribution in [-0.2, 0) is 6.42 Å². The molecule has 0 spiro atoms. The van der Waals surface area contributed by atoms with Crippen molar-refractivity contribution < 1.29 is 14.3 Å². The van der Waals surface area contributed by atoms with Gasteiger partial charge < -0.3 is 9.47 Å². The maximum atomic E-state index is 11.6. The number of rotatable bonds is 2. The first-order valence-corrected chi connectivity index (χ1v) is 4.91. The van der Waals surface area contributed by atoms with Crippen LogP contribution in [0.4, 0.5) is 0 Å². The molecule has 0 bridgehead atoms. The molecule has 0 fully saturated rings. The zero-order valence-corrected chi connectivity index (χ0v) is 8.87. The molecule has 4 nitrogen and oxygen atoms in total. The topological polar surface area (TPSA) is 48.4 Å². The molecule has 1 aliphatic rings. The molecule has 1 heterocycles. The van der Waals surface area contributed by atoms with Gasteiger partial charge in [0.1, 0.15) is 11.4 Å². The van der Waals surface area contributed by atoms with Crippen LogP contribution in [0.5, 0.6) is 11.6 Å². The van der Waals surface area contributed by atoms with Crippen molar-refractivity contribution in [2.45, 2.75) is 19.3 Å². The number of Topliss-reactive ketones (excluding diaryl/α,β-unsaturated/α-hetero) is 1. The van der Waals surface area contributed by atoms with Gasteiger partial charge in [0.2, 0.25) is 5.88 Å². The summed E-state index contributed by atoms with van der Waals surface area (Å²) in [6.45, 7) is 0. The van der Waals surface area contributed by atoms with Crippen molar-refractivity contribution in [2.24, 2.45) is 0 Å². The summed E-state index contributed by atoms with van der Waals surface area (Å²) in [4.78, 5) is 15.8. The highest BCUT2D eigenvalue weighted by Gasteiger charge is 2.23. The Morgan fingerprint density at radius 1 is 1.27 bits per heavy atom. The van der Waals surface area contributed by atoms with Crippen molar-refractivity contribution in [1.29, 1.82) is 0 Å². The Kier molecular flexibility index (Phi) is 2.58. The maximum absolute atomic E-state index is 11.6. The number of ether oxygens (including phenoxy) is 2. The van der Waals surface area contributed by atoms with E-state index in [1.54, 1.807) is 13.2 Å². The Morgan fingerprint density at radius 3 is 2.73 bits per heavy atom. The fraction of sp³-hybridized carbons (Fsp3) is 0.455. The lowest BCUT2D eigenvalue weighted by Crippen LogP contribution is -2.14. The van der Waals surface area contributed by atoms with E-state index in [-0.39, 0.29) is 5.78 Å². The zero-order valence-electron chi connectivity index (χ0n) is 8.87. The zero-order chi connectivity index (χ0) is 10.8. The molecule has 0 atom stereocenters. The van der Waals surface area contributed by atoms with E-state index in [1.165, 1.54) is 7.11 Å². The van der Waals surface area contributed by atoms with Gasteiger partial charge in [-0.15, -0.1) is 0 Å². The van der Waals surface area contributed by atoms with E-state index in [0.29, 0.717) is 23.7 Å². The number of hydrogen-bond donors (Lipinski definition) is 0. The summed E-state index contributed by atoms with van der Waals surface area (Å²) < 4.78 is 10.3. The Balaban J connectivity index is 2.57. The minimum Gasteiger partial charge on any atom is -0.496 e. The second-order valence-electron chi connectivity index (χ2n) is 3.47. The summed E-state index contributed by atoms with van der Waals surface area (Å²) in [6, 6.07) is 1.72. The summed E-state index contributed by atoms with van der Waals surface area (Å²) in [5.41, 5.74) is 1.42. The lowest BCUT2D eigenvalue weighted by atomic mass is 9.94. The number of aromatic nitrogens is 1. The first-order valence-electron chi connectivity index (χ1n) is 4.91. The van der Waals surface area contributed by atoms with Crippen LogP contribution in [0.25, 0.3) is 0 Å². The van der Waals surface area contributed by atoms with Crippen molar-refractivity contribution in [2.75, 3.05) is 14.2 Å². The Labute approximate surface area is 88.2 Å². The van der Waals surface area contributed by atoms with Gasteiger partial charge >= 0.3 is 0 Å². The molecule has 1 aromatic rings. The molecule has 1 aliphatic carbocycles. The van der Waals surface area contributed by atoms with Crippen LogP contribution in [0.1, 0.15) is 28.9 Å². The van der Waals surface area contributed by atoms with Crippen LogP contribution in [0.15, 0.2) is 6.07 Å². The number of ketones is 1. The highest BCUT2D eigenvalue weighted by atomic mass is 16.5. The van der Waals surface area contributed by atoms with Crippen molar-refractivity contribution >= 4 is 5.78 Å². The molecule has 0 radical (unpaired) electrons. The number of nitrogens with zero attached hydrogens (tertiary/aromatic N) is 1. The molecule has 1 aromatic heterocycles. The maximum Gasteiger partial charge on any atom is 0.217 e. The van der Waals surface area contributed by atoms with E-state index in [4.69, 9.17) is 9.47 Å². The van der Waals surface area contributed by atoms with Crippen LogP contribution >= 0.6 is 0 Å². The van der Waals surface area contributed by atoms with E-state index in [9.17, 15) is 4.79 Å². The number of hydrogen-bond acceptors (Lipinski definition) is 4. The Morgan fingerprint density at radius 2 is 2.07 bits per heavy atom. The summed E-state index contributed by atoms with van der Waals surface area (Å²) in [5, 5.41) is 0. The Hall–Kier alpha value is -1.58. The summed E-state index contributed by atoms with van der Waals surface area (Å²) >= 11 is 0. The molecular weight excluding hydrogens is 194 g/mol. The fourth-order valence-corrected chi connectivity index (χ4v) is 1.83. The van der Waals surface area contributed by atoms with E-state index < -0.39 is 0 Å². The first-order chi connectivity index (χ1) is 7.26. The fourth-order valence-electron chi connectivity index (χ4n) is 1.83. The minimum absolute atomic E-state index is 0.0773. The molecule has 0 aromatic carbocycles. The molecule has 0 amide bonds. The molecule has 80 valence electrons. The number of carbonyl (C=O) groups is 1. The highest BCUT2D eigenvalue weighted by molar-refractivity contribution is 5.97. The van der Waals surface area contributed by atoms with Crippen LogP contribution in [-0.4, -0.2) is 25.0 Å². The third kappa shape index (κ3) is 1.67. The van der Waals surface area contributed by atoms with Crippen LogP contribution in [0.2, 0.25) is 0 Å². The van der Waals surface area contributed by atoms with E-state index >= 15 is 0 Å². The first kappa shape index (κ1) is 9.96. The van der Waals surface area contributed by atoms with Crippen molar-refractivity contribution in [3.63, 3.8) is 0 Å². The molecule has 4 heteroatoms. The predicted molar refractivity (Wildman–Crippen MR) is 54.6 cm³/mol.